The van der Waals surface area contributed by atoms with Crippen molar-refractivity contribution in [2.45, 2.75) is 45.6 Å². The maximum absolute atomic E-state index is 13.0. The summed E-state index contributed by atoms with van der Waals surface area (Å²) >= 11 is 0. The molecule has 1 N–H and O–H groups in total. The number of aromatic nitrogens is 1. The van der Waals surface area contributed by atoms with Crippen LogP contribution < -0.4 is 5.32 Å². The summed E-state index contributed by atoms with van der Waals surface area (Å²) in [5.74, 6) is 1.02. The van der Waals surface area contributed by atoms with Gasteiger partial charge >= 0.3 is 0 Å². The van der Waals surface area contributed by atoms with E-state index < -0.39 is 0 Å². The molecule has 6 heteroatoms. The molecule has 138 valence electrons. The van der Waals surface area contributed by atoms with Gasteiger partial charge in [0.15, 0.2) is 5.82 Å². The summed E-state index contributed by atoms with van der Waals surface area (Å²) in [6, 6.07) is 11.7. The lowest BCUT2D eigenvalue weighted by molar-refractivity contribution is -0.138. The van der Waals surface area contributed by atoms with Crippen molar-refractivity contribution in [2.24, 2.45) is 5.92 Å². The van der Waals surface area contributed by atoms with Crippen LogP contribution in [0.5, 0.6) is 0 Å². The van der Waals surface area contributed by atoms with Crippen molar-refractivity contribution in [3.8, 4) is 0 Å². The maximum atomic E-state index is 13.0. The Bertz CT molecular complexity index is 772. The maximum Gasteiger partial charge on any atom is 0.245 e. The molecule has 3 rings (SSSR count). The van der Waals surface area contributed by atoms with Crippen LogP contribution in [-0.4, -0.2) is 34.5 Å². The predicted octanol–water partition coefficient (Wildman–Crippen LogP) is 3.35. The van der Waals surface area contributed by atoms with Crippen LogP contribution in [0, 0.1) is 12.8 Å². The van der Waals surface area contributed by atoms with Crippen LogP contribution in [-0.2, 0) is 9.59 Å². The second kappa shape index (κ2) is 7.72. The molecule has 1 heterocycles. The van der Waals surface area contributed by atoms with Crippen LogP contribution in [0.25, 0.3) is 0 Å². The van der Waals surface area contributed by atoms with E-state index in [1.54, 1.807) is 17.9 Å². The highest BCUT2D eigenvalue weighted by Gasteiger charge is 2.46. The number of carbonyl (C=O) groups excluding carboxylic acids is 2. The molecular weight excluding hydrogens is 330 g/mol. The van der Waals surface area contributed by atoms with E-state index in [2.05, 4.69) is 22.6 Å². The van der Waals surface area contributed by atoms with Crippen molar-refractivity contribution < 1.29 is 14.1 Å². The molecule has 0 aliphatic heterocycles. The highest BCUT2D eigenvalue weighted by molar-refractivity contribution is 5.94. The average molecular weight is 355 g/mol. The van der Waals surface area contributed by atoms with Crippen LogP contribution in [0.15, 0.2) is 40.9 Å². The van der Waals surface area contributed by atoms with Gasteiger partial charge in [0.2, 0.25) is 11.8 Å². The van der Waals surface area contributed by atoms with E-state index in [-0.39, 0.29) is 36.2 Å². The third kappa shape index (κ3) is 4.12. The lowest BCUT2D eigenvalue weighted by Crippen LogP contribution is -2.44. The van der Waals surface area contributed by atoms with E-state index >= 15 is 0 Å². The number of carbonyl (C=O) groups is 2. The van der Waals surface area contributed by atoms with Gasteiger partial charge in [-0.05, 0) is 38.2 Å². The molecule has 2 aromatic rings. The monoisotopic (exact) mass is 355 g/mol. The number of nitrogens with zero attached hydrogens (tertiary/aromatic N) is 2. The number of aryl methyl sites for hydroxylation is 1. The third-order valence-corrected chi connectivity index (χ3v) is 4.95. The van der Waals surface area contributed by atoms with Gasteiger partial charge < -0.3 is 14.7 Å². The first-order chi connectivity index (χ1) is 12.5. The molecule has 0 saturated heterocycles. The van der Waals surface area contributed by atoms with Crippen molar-refractivity contribution in [3.05, 3.63) is 47.7 Å². The molecule has 3 atom stereocenters. The van der Waals surface area contributed by atoms with Crippen molar-refractivity contribution in [1.29, 1.82) is 0 Å². The van der Waals surface area contributed by atoms with Gasteiger partial charge in [-0.25, -0.2) is 0 Å². The minimum atomic E-state index is -0.260. The standard InChI is InChI=1S/C20H25N3O3/c1-4-13(2)23(12-19(24)21-18-10-14(3)26-22-18)20(25)17-11-16(17)15-8-6-5-7-9-15/h5-10,13,16-17H,4,11-12H2,1-3H3,(H,21,22,24)/t13-,16-,17+/m0/s1. The van der Waals surface area contributed by atoms with Crippen LogP contribution in [0.4, 0.5) is 5.82 Å². The van der Waals surface area contributed by atoms with E-state index in [9.17, 15) is 9.59 Å². The fourth-order valence-corrected chi connectivity index (χ4v) is 3.18. The molecule has 1 aliphatic carbocycles. The fraction of sp³-hybridized carbons (Fsp3) is 0.450. The van der Waals surface area contributed by atoms with Crippen LogP contribution in [0.1, 0.15) is 43.9 Å². The first-order valence-corrected chi connectivity index (χ1v) is 9.08. The highest BCUT2D eigenvalue weighted by Crippen LogP contribution is 2.48. The quantitative estimate of drug-likeness (QED) is 0.826. The molecule has 0 bridgehead atoms. The Morgan fingerprint density at radius 2 is 2.08 bits per heavy atom. The Morgan fingerprint density at radius 1 is 1.35 bits per heavy atom. The topological polar surface area (TPSA) is 75.4 Å². The number of hydrogen-bond donors (Lipinski definition) is 1. The minimum Gasteiger partial charge on any atom is -0.360 e. The second-order valence-corrected chi connectivity index (χ2v) is 6.95. The van der Waals surface area contributed by atoms with Gasteiger partial charge in [-0.15, -0.1) is 0 Å². The first kappa shape index (κ1) is 18.2. The SMILES string of the molecule is CC[C@H](C)N(CC(=O)Nc1cc(C)on1)C(=O)[C@@H]1C[C@H]1c1ccccc1. The van der Waals surface area contributed by atoms with E-state index in [1.165, 1.54) is 5.56 Å². The van der Waals surface area contributed by atoms with Crippen molar-refractivity contribution in [2.75, 3.05) is 11.9 Å². The van der Waals surface area contributed by atoms with Gasteiger partial charge in [0.25, 0.3) is 0 Å². The Hall–Kier alpha value is -2.63. The van der Waals surface area contributed by atoms with Crippen LogP contribution >= 0.6 is 0 Å². The molecule has 0 spiro atoms. The zero-order chi connectivity index (χ0) is 18.7. The summed E-state index contributed by atoms with van der Waals surface area (Å²) in [5.41, 5.74) is 1.19. The van der Waals surface area contributed by atoms with Crippen molar-refractivity contribution in [1.82, 2.24) is 10.1 Å². The highest BCUT2D eigenvalue weighted by atomic mass is 16.5. The average Bonchev–Trinajstić information content (AvgIpc) is 3.35. The number of amides is 2. The van der Waals surface area contributed by atoms with E-state index in [0.717, 1.165) is 12.8 Å². The smallest absolute Gasteiger partial charge is 0.245 e. The summed E-state index contributed by atoms with van der Waals surface area (Å²) in [7, 11) is 0. The van der Waals surface area contributed by atoms with Crippen LogP contribution in [0.2, 0.25) is 0 Å². The third-order valence-electron chi connectivity index (χ3n) is 4.95. The zero-order valence-corrected chi connectivity index (χ0v) is 15.4. The molecule has 26 heavy (non-hydrogen) atoms. The van der Waals surface area contributed by atoms with Gasteiger partial charge in [-0.3, -0.25) is 9.59 Å². The lowest BCUT2D eigenvalue weighted by Gasteiger charge is -2.28. The molecule has 0 unspecified atom stereocenters. The number of benzene rings is 1. The molecule has 2 amide bonds. The molecule has 1 fully saturated rings. The predicted molar refractivity (Wildman–Crippen MR) is 98.6 cm³/mol. The van der Waals surface area contributed by atoms with Gasteiger partial charge in [0, 0.05) is 18.0 Å². The van der Waals surface area contributed by atoms with Gasteiger partial charge in [0.1, 0.15) is 12.3 Å². The normalized spacial score (nSPS) is 19.7. The minimum absolute atomic E-state index is 0.00400. The number of nitrogens with one attached hydrogen (secondary N) is 1. The second-order valence-electron chi connectivity index (χ2n) is 6.95. The van der Waals surface area contributed by atoms with Gasteiger partial charge in [-0.1, -0.05) is 42.4 Å². The van der Waals surface area contributed by atoms with E-state index in [1.807, 2.05) is 32.0 Å². The van der Waals surface area contributed by atoms with Gasteiger partial charge in [-0.2, -0.15) is 0 Å². The fourth-order valence-electron chi connectivity index (χ4n) is 3.18. The van der Waals surface area contributed by atoms with E-state index in [4.69, 9.17) is 4.52 Å². The molecule has 1 aliphatic rings. The molecule has 6 nitrogen and oxygen atoms in total. The molecule has 1 aromatic heterocycles. The molecule has 1 saturated carbocycles. The molecule has 0 radical (unpaired) electrons. The lowest BCUT2D eigenvalue weighted by atomic mass is 10.1. The summed E-state index contributed by atoms with van der Waals surface area (Å²) in [6.07, 6.45) is 1.64. The first-order valence-electron chi connectivity index (χ1n) is 9.08. The summed E-state index contributed by atoms with van der Waals surface area (Å²) in [4.78, 5) is 27.0. The van der Waals surface area contributed by atoms with Gasteiger partial charge in [0.05, 0.1) is 0 Å². The largest absolute Gasteiger partial charge is 0.360 e. The Morgan fingerprint density at radius 3 is 2.69 bits per heavy atom. The number of hydrogen-bond acceptors (Lipinski definition) is 4. The molecule has 1 aromatic carbocycles. The molecular formula is C20H25N3O3. The zero-order valence-electron chi connectivity index (χ0n) is 15.4. The van der Waals surface area contributed by atoms with Crippen LogP contribution in [0.3, 0.4) is 0 Å². The van der Waals surface area contributed by atoms with E-state index in [0.29, 0.717) is 11.6 Å². The Balaban J connectivity index is 1.64. The van der Waals surface area contributed by atoms with Crippen molar-refractivity contribution >= 4 is 17.6 Å². The summed E-state index contributed by atoms with van der Waals surface area (Å²) < 4.78 is 4.95. The summed E-state index contributed by atoms with van der Waals surface area (Å²) in [5, 5.41) is 6.45. The van der Waals surface area contributed by atoms with Crippen molar-refractivity contribution in [3.63, 3.8) is 0 Å². The number of rotatable bonds is 7. The Kier molecular flexibility index (Phi) is 5.40. The summed E-state index contributed by atoms with van der Waals surface area (Å²) in [6.45, 7) is 5.78. The number of anilines is 1. The Labute approximate surface area is 153 Å².